The highest BCUT2D eigenvalue weighted by molar-refractivity contribution is 6.20. The molecule has 2 aromatic carbocycles. The predicted octanol–water partition coefficient (Wildman–Crippen LogP) is 7.74. The number of nitrogens with zero attached hydrogens (tertiary/aromatic N) is 2. The summed E-state index contributed by atoms with van der Waals surface area (Å²) in [4.78, 5) is 28.7. The van der Waals surface area contributed by atoms with Gasteiger partial charge in [0.25, 0.3) is 0 Å². The predicted molar refractivity (Wildman–Crippen MR) is 217 cm³/mol. The van der Waals surface area contributed by atoms with Gasteiger partial charge in [0.15, 0.2) is 0 Å². The first-order valence-electron chi connectivity index (χ1n) is 20.2. The van der Waals surface area contributed by atoms with Gasteiger partial charge in [0.2, 0.25) is 0 Å². The smallest absolute Gasteiger partial charge is 0.529 e. The summed E-state index contributed by atoms with van der Waals surface area (Å²) in [6.07, 6.45) is 7.06. The number of amides is 2. The SMILES string of the molecule is CCOc1ccc(OBOc2ccc(OCC)c(CNC3CCC(N(C)C(=O)OC(C)(C)C)CC3)c2)cc1CNC1CCC(N(C)C(=O)OC(C)(C)C)CC1. The molecule has 0 unspecified atom stereocenters. The van der Waals surface area contributed by atoms with E-state index in [2.05, 4.69) is 10.6 Å². The minimum atomic E-state index is -0.504. The molecule has 0 spiro atoms. The Labute approximate surface area is 330 Å². The molecule has 306 valence electrons. The molecule has 0 radical (unpaired) electrons. The molecule has 0 heterocycles. The molecular formula is C42H67BN4O8. The molecule has 0 atom stereocenters. The topological polar surface area (TPSA) is 120 Å². The minimum absolute atomic E-state index is 0.0477. The number of rotatable bonds is 16. The maximum Gasteiger partial charge on any atom is 0.576 e. The molecule has 2 amide bonds. The van der Waals surface area contributed by atoms with E-state index in [-0.39, 0.29) is 32.0 Å². The lowest BCUT2D eigenvalue weighted by molar-refractivity contribution is 0.0169. The molecule has 4 rings (SSSR count). The quantitative estimate of drug-likeness (QED) is 0.164. The number of benzene rings is 2. The van der Waals surface area contributed by atoms with Crippen molar-refractivity contribution in [2.45, 2.75) is 155 Å². The van der Waals surface area contributed by atoms with Crippen molar-refractivity contribution < 1.29 is 37.8 Å². The van der Waals surface area contributed by atoms with Crippen LogP contribution in [0.5, 0.6) is 23.0 Å². The van der Waals surface area contributed by atoms with Crippen LogP contribution >= 0.6 is 0 Å². The monoisotopic (exact) mass is 767 g/mol. The molecule has 2 saturated carbocycles. The number of carbonyl (C=O) groups excluding carboxylic acids is 2. The molecule has 12 nitrogen and oxygen atoms in total. The fourth-order valence-electron chi connectivity index (χ4n) is 7.13. The fourth-order valence-corrected chi connectivity index (χ4v) is 7.13. The first-order chi connectivity index (χ1) is 26.0. The third-order valence-electron chi connectivity index (χ3n) is 10.1. The molecule has 0 saturated heterocycles. The number of ether oxygens (including phenoxy) is 4. The first-order valence-corrected chi connectivity index (χ1v) is 20.2. The van der Waals surface area contributed by atoms with Gasteiger partial charge >= 0.3 is 19.9 Å². The Morgan fingerprint density at radius 1 is 0.636 bits per heavy atom. The van der Waals surface area contributed by atoms with Gasteiger partial charge in [-0.1, -0.05) is 0 Å². The van der Waals surface area contributed by atoms with Crippen LogP contribution in [0.15, 0.2) is 36.4 Å². The van der Waals surface area contributed by atoms with Crippen molar-refractivity contribution >= 4 is 19.9 Å². The molecule has 13 heteroatoms. The van der Waals surface area contributed by atoms with Gasteiger partial charge < -0.3 is 48.7 Å². The van der Waals surface area contributed by atoms with Gasteiger partial charge in [0, 0.05) is 62.5 Å². The van der Waals surface area contributed by atoms with Gasteiger partial charge in [-0.05, 0) is 143 Å². The lowest BCUT2D eigenvalue weighted by Crippen LogP contribution is -2.44. The molecule has 55 heavy (non-hydrogen) atoms. The molecule has 2 aliphatic carbocycles. The van der Waals surface area contributed by atoms with Crippen LogP contribution in [-0.2, 0) is 22.6 Å². The zero-order valence-corrected chi connectivity index (χ0v) is 35.1. The van der Waals surface area contributed by atoms with E-state index in [1.807, 2.05) is 106 Å². The third kappa shape index (κ3) is 14.3. The van der Waals surface area contributed by atoms with Crippen molar-refractivity contribution in [1.82, 2.24) is 20.4 Å². The van der Waals surface area contributed by atoms with Crippen LogP contribution in [0.3, 0.4) is 0 Å². The molecule has 0 aromatic heterocycles. The Morgan fingerprint density at radius 3 is 1.33 bits per heavy atom. The molecule has 0 aliphatic heterocycles. The van der Waals surface area contributed by atoms with Crippen LogP contribution in [0.2, 0.25) is 0 Å². The maximum absolute atomic E-state index is 12.6. The number of nitrogens with one attached hydrogen (secondary N) is 2. The van der Waals surface area contributed by atoms with E-state index < -0.39 is 11.2 Å². The van der Waals surface area contributed by atoms with Crippen LogP contribution in [0.25, 0.3) is 0 Å². The standard InChI is InChI=1S/C42H67BN4O8/c1-11-50-37-23-21-35(25-29(37)27-44-31-13-17-33(18-14-31)46(9)39(48)52-41(3,4)5)54-43-55-36-22-24-38(51-12-2)30(26-36)28-45-32-15-19-34(20-16-32)47(10)40(49)53-42(6,7)8/h21-26,31-34,43-45H,11-20,27-28H2,1-10H3. The normalized spacial score (nSPS) is 20.2. The second-order valence-corrected chi connectivity index (χ2v) is 16.8. The average molecular weight is 767 g/mol. The Balaban J connectivity index is 1.26. The maximum atomic E-state index is 12.6. The van der Waals surface area contributed by atoms with Gasteiger partial charge in [-0.3, -0.25) is 0 Å². The zero-order chi connectivity index (χ0) is 40.2. The zero-order valence-electron chi connectivity index (χ0n) is 35.1. The number of hydrogen-bond donors (Lipinski definition) is 2. The Morgan fingerprint density at radius 2 is 1.00 bits per heavy atom. The van der Waals surface area contributed by atoms with Crippen LogP contribution in [-0.4, -0.2) is 92.4 Å². The van der Waals surface area contributed by atoms with E-state index in [0.717, 1.165) is 74.0 Å². The van der Waals surface area contributed by atoms with E-state index in [4.69, 9.17) is 28.3 Å². The molecule has 0 bridgehead atoms. The first kappa shape index (κ1) is 43.9. The van der Waals surface area contributed by atoms with Crippen molar-refractivity contribution in [3.05, 3.63) is 47.5 Å². The van der Waals surface area contributed by atoms with E-state index in [0.29, 0.717) is 49.9 Å². The minimum Gasteiger partial charge on any atom is -0.529 e. The van der Waals surface area contributed by atoms with Crippen LogP contribution < -0.4 is 29.4 Å². The fraction of sp³-hybridized carbons (Fsp3) is 0.667. The van der Waals surface area contributed by atoms with Crippen molar-refractivity contribution in [1.29, 1.82) is 0 Å². The van der Waals surface area contributed by atoms with Crippen LogP contribution in [0.4, 0.5) is 9.59 Å². The van der Waals surface area contributed by atoms with Gasteiger partial charge in [0.1, 0.15) is 34.2 Å². The molecule has 2 fully saturated rings. The summed E-state index contributed by atoms with van der Waals surface area (Å²) >= 11 is 0. The summed E-state index contributed by atoms with van der Waals surface area (Å²) in [6, 6.07) is 12.8. The van der Waals surface area contributed by atoms with Crippen molar-refractivity contribution in [3.8, 4) is 23.0 Å². The van der Waals surface area contributed by atoms with Gasteiger partial charge in [0.05, 0.1) is 13.2 Å². The van der Waals surface area contributed by atoms with Gasteiger partial charge in [-0.25, -0.2) is 9.59 Å². The number of carbonyl (C=O) groups is 2. The highest BCUT2D eigenvalue weighted by atomic mass is 16.6. The average Bonchev–Trinajstić information content (AvgIpc) is 3.13. The van der Waals surface area contributed by atoms with Crippen molar-refractivity contribution in [2.24, 2.45) is 0 Å². The summed E-state index contributed by atoms with van der Waals surface area (Å²) in [7, 11) is 3.73. The van der Waals surface area contributed by atoms with E-state index in [9.17, 15) is 9.59 Å². The number of hydrogen-bond acceptors (Lipinski definition) is 10. The lowest BCUT2D eigenvalue weighted by atomic mass is 9.90. The largest absolute Gasteiger partial charge is 0.576 e. The van der Waals surface area contributed by atoms with Crippen molar-refractivity contribution in [2.75, 3.05) is 27.3 Å². The third-order valence-corrected chi connectivity index (χ3v) is 10.1. The molecular weight excluding hydrogens is 699 g/mol. The van der Waals surface area contributed by atoms with Crippen LogP contribution in [0, 0.1) is 0 Å². The molecule has 2 N–H and O–H groups in total. The summed E-state index contributed by atoms with van der Waals surface area (Å²) in [5.41, 5.74) is 1.03. The van der Waals surface area contributed by atoms with Gasteiger partial charge in [-0.15, -0.1) is 0 Å². The van der Waals surface area contributed by atoms with Gasteiger partial charge in [-0.2, -0.15) is 0 Å². The van der Waals surface area contributed by atoms with E-state index in [1.54, 1.807) is 9.80 Å². The Bertz CT molecular complexity index is 1400. The molecule has 2 aromatic rings. The second-order valence-electron chi connectivity index (χ2n) is 16.8. The van der Waals surface area contributed by atoms with Crippen molar-refractivity contribution in [3.63, 3.8) is 0 Å². The van der Waals surface area contributed by atoms with E-state index >= 15 is 0 Å². The second kappa shape index (κ2) is 20.4. The summed E-state index contributed by atoms with van der Waals surface area (Å²) in [5, 5.41) is 7.42. The summed E-state index contributed by atoms with van der Waals surface area (Å²) in [5.74, 6) is 3.05. The lowest BCUT2D eigenvalue weighted by Gasteiger charge is -2.36. The Hall–Kier alpha value is -3.84. The highest BCUT2D eigenvalue weighted by Gasteiger charge is 2.31. The molecule has 2 aliphatic rings. The highest BCUT2D eigenvalue weighted by Crippen LogP contribution is 2.30. The summed E-state index contributed by atoms with van der Waals surface area (Å²) in [6.45, 7) is 17.8. The van der Waals surface area contributed by atoms with E-state index in [1.165, 1.54) is 0 Å². The Kier molecular flexibility index (Phi) is 16.2. The summed E-state index contributed by atoms with van der Waals surface area (Å²) < 4.78 is 35.2. The van der Waals surface area contributed by atoms with Crippen LogP contribution in [0.1, 0.15) is 118 Å².